The van der Waals surface area contributed by atoms with Crippen molar-refractivity contribution in [3.63, 3.8) is 0 Å². The monoisotopic (exact) mass is 424 g/mol. The van der Waals surface area contributed by atoms with Crippen LogP contribution in [-0.4, -0.2) is 44.8 Å². The van der Waals surface area contributed by atoms with Gasteiger partial charge in [-0.3, -0.25) is 4.79 Å². The molecule has 3 heterocycles. The predicted molar refractivity (Wildman–Crippen MR) is 108 cm³/mol. The zero-order valence-electron chi connectivity index (χ0n) is 16.7. The highest BCUT2D eigenvalue weighted by Crippen LogP contribution is 2.31. The molecule has 0 aliphatic rings. The number of hydrogen-bond acceptors (Lipinski definition) is 4. The first-order valence-electron chi connectivity index (χ1n) is 9.41. The first-order chi connectivity index (χ1) is 13.6. The molecule has 0 fully saturated rings. The number of rotatable bonds is 6. The Morgan fingerprint density at radius 2 is 2.03 bits per heavy atom. The van der Waals surface area contributed by atoms with Crippen LogP contribution in [0.5, 0.6) is 0 Å². The average Bonchev–Trinajstić information content (AvgIpc) is 3.26. The van der Waals surface area contributed by atoms with Crippen LogP contribution in [0.4, 0.5) is 13.2 Å². The van der Waals surface area contributed by atoms with Crippen LogP contribution in [0.3, 0.4) is 0 Å². The van der Waals surface area contributed by atoms with Gasteiger partial charge in [-0.05, 0) is 45.9 Å². The fourth-order valence-corrected chi connectivity index (χ4v) is 3.93. The minimum absolute atomic E-state index is 0.0239. The van der Waals surface area contributed by atoms with Crippen LogP contribution in [0, 0.1) is 6.92 Å². The molecule has 3 aromatic rings. The van der Waals surface area contributed by atoms with Crippen LogP contribution in [0.2, 0.25) is 0 Å². The Bertz CT molecular complexity index is 1020. The quantitative estimate of drug-likeness (QED) is 0.528. The summed E-state index contributed by atoms with van der Waals surface area (Å²) in [6.07, 6.45) is -3.79. The van der Waals surface area contributed by atoms with Gasteiger partial charge in [0.25, 0.3) is 5.91 Å². The van der Waals surface area contributed by atoms with Gasteiger partial charge >= 0.3 is 6.18 Å². The first kappa shape index (κ1) is 21.3. The van der Waals surface area contributed by atoms with E-state index in [-0.39, 0.29) is 19.1 Å². The zero-order valence-corrected chi connectivity index (χ0v) is 17.6. The highest BCUT2D eigenvalue weighted by atomic mass is 32.1. The van der Waals surface area contributed by atoms with Crippen LogP contribution in [0.1, 0.15) is 48.5 Å². The largest absolute Gasteiger partial charge is 0.390 e. The number of halogens is 3. The second kappa shape index (κ2) is 8.14. The van der Waals surface area contributed by atoms with Crippen molar-refractivity contribution >= 4 is 28.3 Å². The van der Waals surface area contributed by atoms with E-state index in [9.17, 15) is 18.0 Å². The molecule has 156 valence electrons. The number of nitrogens with zero attached hydrogens (tertiary/aromatic N) is 4. The molecule has 0 aromatic carbocycles. The van der Waals surface area contributed by atoms with Gasteiger partial charge in [0.15, 0.2) is 5.65 Å². The lowest BCUT2D eigenvalue weighted by atomic mass is 10.1. The average molecular weight is 424 g/mol. The molecular formula is C20H23F3N4OS. The van der Waals surface area contributed by atoms with Crippen molar-refractivity contribution in [2.75, 3.05) is 13.1 Å². The van der Waals surface area contributed by atoms with Crippen molar-refractivity contribution in [3.8, 4) is 10.6 Å². The molecule has 0 atom stereocenters. The summed E-state index contributed by atoms with van der Waals surface area (Å²) in [6.45, 7) is 7.37. The van der Waals surface area contributed by atoms with Gasteiger partial charge in [-0.15, -0.1) is 11.3 Å². The van der Waals surface area contributed by atoms with Gasteiger partial charge in [0.05, 0.1) is 34.1 Å². The Balaban J connectivity index is 2.11. The van der Waals surface area contributed by atoms with Gasteiger partial charge in [0, 0.05) is 24.0 Å². The summed E-state index contributed by atoms with van der Waals surface area (Å²) in [5.74, 6) is -0.443. The molecule has 0 aliphatic carbocycles. The summed E-state index contributed by atoms with van der Waals surface area (Å²) in [5.41, 5.74) is 1.50. The lowest BCUT2D eigenvalue weighted by molar-refractivity contribution is -0.136. The number of aromatic nitrogens is 3. The molecule has 0 bridgehead atoms. The molecular weight excluding hydrogens is 401 g/mol. The zero-order chi connectivity index (χ0) is 21.3. The SMILES string of the molecule is CCN(CCC(F)(F)F)C(=O)c1cc(-c2ccc(C)s2)nc2c1cnn2C(C)C. The minimum atomic E-state index is -4.32. The number of carbonyl (C=O) groups is 1. The molecule has 0 radical (unpaired) electrons. The van der Waals surface area contributed by atoms with Crippen LogP contribution >= 0.6 is 11.3 Å². The van der Waals surface area contributed by atoms with E-state index in [0.29, 0.717) is 22.3 Å². The molecule has 0 unspecified atom stereocenters. The third kappa shape index (κ3) is 4.60. The molecule has 0 aliphatic heterocycles. The summed E-state index contributed by atoms with van der Waals surface area (Å²) in [7, 11) is 0. The van der Waals surface area contributed by atoms with E-state index >= 15 is 0 Å². The fourth-order valence-electron chi connectivity index (χ4n) is 3.11. The number of carbonyl (C=O) groups excluding carboxylic acids is 1. The van der Waals surface area contributed by atoms with Crippen molar-refractivity contribution in [1.82, 2.24) is 19.7 Å². The highest BCUT2D eigenvalue weighted by molar-refractivity contribution is 7.15. The van der Waals surface area contributed by atoms with Gasteiger partial charge in [-0.25, -0.2) is 9.67 Å². The molecule has 0 N–H and O–H groups in total. The topological polar surface area (TPSA) is 51.0 Å². The van der Waals surface area contributed by atoms with Gasteiger partial charge in [-0.2, -0.15) is 18.3 Å². The van der Waals surface area contributed by atoms with E-state index in [2.05, 4.69) is 5.10 Å². The second-order valence-corrected chi connectivity index (χ2v) is 8.42. The van der Waals surface area contributed by atoms with Gasteiger partial charge in [0.1, 0.15) is 0 Å². The highest BCUT2D eigenvalue weighted by Gasteiger charge is 2.30. The fraction of sp³-hybridized carbons (Fsp3) is 0.450. The molecule has 0 saturated carbocycles. The number of alkyl halides is 3. The summed E-state index contributed by atoms with van der Waals surface area (Å²) in [6, 6.07) is 5.59. The van der Waals surface area contributed by atoms with E-state index in [0.717, 1.165) is 9.75 Å². The lowest BCUT2D eigenvalue weighted by Crippen LogP contribution is -2.34. The summed E-state index contributed by atoms with van der Waals surface area (Å²) >= 11 is 1.55. The van der Waals surface area contributed by atoms with Gasteiger partial charge in [-0.1, -0.05) is 0 Å². The normalized spacial score (nSPS) is 12.1. The number of thiophene rings is 1. The number of aryl methyl sites for hydroxylation is 1. The Morgan fingerprint density at radius 3 is 2.59 bits per heavy atom. The molecule has 0 spiro atoms. The van der Waals surface area contributed by atoms with Crippen LogP contribution in [0.15, 0.2) is 24.4 Å². The predicted octanol–water partition coefficient (Wildman–Crippen LogP) is 5.46. The third-order valence-corrected chi connectivity index (χ3v) is 5.64. The maximum Gasteiger partial charge on any atom is 0.390 e. The number of amides is 1. The van der Waals surface area contributed by atoms with E-state index in [1.807, 2.05) is 32.9 Å². The maximum atomic E-state index is 13.2. The molecule has 1 amide bonds. The first-order valence-corrected chi connectivity index (χ1v) is 10.2. The third-order valence-electron chi connectivity index (χ3n) is 4.61. The number of pyridine rings is 1. The molecule has 0 saturated heterocycles. The molecule has 5 nitrogen and oxygen atoms in total. The number of hydrogen-bond donors (Lipinski definition) is 0. The standard InChI is InChI=1S/C20H23F3N4OS/c1-5-26(9-8-20(21,22)23)19(28)14-10-16(17-7-6-13(4)29-17)25-18-15(14)11-24-27(18)12(2)3/h6-7,10-12H,5,8-9H2,1-4H3. The maximum absolute atomic E-state index is 13.2. The molecule has 3 rings (SSSR count). The smallest absolute Gasteiger partial charge is 0.339 e. The van der Waals surface area contributed by atoms with E-state index in [1.165, 1.54) is 4.90 Å². The van der Waals surface area contributed by atoms with E-state index in [1.54, 1.807) is 35.2 Å². The van der Waals surface area contributed by atoms with Crippen LogP contribution < -0.4 is 0 Å². The van der Waals surface area contributed by atoms with Crippen molar-refractivity contribution < 1.29 is 18.0 Å². The summed E-state index contributed by atoms with van der Waals surface area (Å²) < 4.78 is 39.8. The Labute approximate surface area is 171 Å². The Kier molecular flexibility index (Phi) is 5.97. The molecule has 3 aromatic heterocycles. The summed E-state index contributed by atoms with van der Waals surface area (Å²) in [5, 5.41) is 4.90. The number of fused-ring (bicyclic) bond motifs is 1. The van der Waals surface area contributed by atoms with Gasteiger partial charge < -0.3 is 4.90 Å². The van der Waals surface area contributed by atoms with Gasteiger partial charge in [0.2, 0.25) is 0 Å². The van der Waals surface area contributed by atoms with Crippen molar-refractivity contribution in [2.45, 2.75) is 46.3 Å². The van der Waals surface area contributed by atoms with Crippen molar-refractivity contribution in [3.05, 3.63) is 34.8 Å². The minimum Gasteiger partial charge on any atom is -0.339 e. The van der Waals surface area contributed by atoms with E-state index < -0.39 is 18.5 Å². The Hall–Kier alpha value is -2.42. The van der Waals surface area contributed by atoms with E-state index in [4.69, 9.17) is 4.98 Å². The summed E-state index contributed by atoms with van der Waals surface area (Å²) in [4.78, 5) is 21.1. The second-order valence-electron chi connectivity index (χ2n) is 7.14. The molecule has 29 heavy (non-hydrogen) atoms. The molecule has 9 heteroatoms. The van der Waals surface area contributed by atoms with Crippen LogP contribution in [0.25, 0.3) is 21.6 Å². The van der Waals surface area contributed by atoms with Crippen molar-refractivity contribution in [2.24, 2.45) is 0 Å². The van der Waals surface area contributed by atoms with Crippen molar-refractivity contribution in [1.29, 1.82) is 0 Å². The van der Waals surface area contributed by atoms with Crippen LogP contribution in [-0.2, 0) is 0 Å². The Morgan fingerprint density at radius 1 is 1.31 bits per heavy atom. The lowest BCUT2D eigenvalue weighted by Gasteiger charge is -2.22.